The van der Waals surface area contributed by atoms with Crippen molar-refractivity contribution >= 4 is 11.5 Å². The highest BCUT2D eigenvalue weighted by Crippen LogP contribution is 2.14. The van der Waals surface area contributed by atoms with Crippen LogP contribution in [-0.2, 0) is 6.54 Å². The molecular formula is C12H10N2O5. The summed E-state index contributed by atoms with van der Waals surface area (Å²) >= 11 is 0. The second-order valence-electron chi connectivity index (χ2n) is 3.97. The summed E-state index contributed by atoms with van der Waals surface area (Å²) in [5.74, 6) is -0.319. The van der Waals surface area contributed by atoms with E-state index < -0.39 is 16.3 Å². The van der Waals surface area contributed by atoms with Crippen LogP contribution < -0.4 is 5.56 Å². The standard InChI is InChI=1S/C12H10N2O5/c1-8-5-12(16)13(6-9(8)14(17)18)7-10(15)11-3-2-4-19-11/h2-6H,7H2,1H3. The summed E-state index contributed by atoms with van der Waals surface area (Å²) in [5.41, 5.74) is -0.411. The number of hydrogen-bond acceptors (Lipinski definition) is 5. The third-order valence-electron chi connectivity index (χ3n) is 2.61. The van der Waals surface area contributed by atoms with Gasteiger partial charge < -0.3 is 8.98 Å². The molecule has 0 aliphatic carbocycles. The first-order valence-electron chi connectivity index (χ1n) is 5.41. The fourth-order valence-electron chi connectivity index (χ4n) is 1.64. The van der Waals surface area contributed by atoms with Gasteiger partial charge in [0.2, 0.25) is 5.78 Å². The Kier molecular flexibility index (Phi) is 3.28. The Morgan fingerprint density at radius 3 is 2.84 bits per heavy atom. The zero-order valence-corrected chi connectivity index (χ0v) is 10.0. The molecule has 7 nitrogen and oxygen atoms in total. The van der Waals surface area contributed by atoms with E-state index in [4.69, 9.17) is 4.42 Å². The smallest absolute Gasteiger partial charge is 0.288 e. The number of pyridine rings is 1. The predicted octanol–water partition coefficient (Wildman–Crippen LogP) is 1.54. The quantitative estimate of drug-likeness (QED) is 0.473. The van der Waals surface area contributed by atoms with Gasteiger partial charge in [-0.2, -0.15) is 0 Å². The number of ketones is 1. The van der Waals surface area contributed by atoms with Gasteiger partial charge in [-0.15, -0.1) is 0 Å². The lowest BCUT2D eigenvalue weighted by Crippen LogP contribution is -2.24. The monoisotopic (exact) mass is 262 g/mol. The fourth-order valence-corrected chi connectivity index (χ4v) is 1.64. The van der Waals surface area contributed by atoms with Crippen LogP contribution in [0.25, 0.3) is 0 Å². The number of hydrogen-bond donors (Lipinski definition) is 0. The zero-order chi connectivity index (χ0) is 14.0. The van der Waals surface area contributed by atoms with Gasteiger partial charge in [-0.3, -0.25) is 19.7 Å². The summed E-state index contributed by atoms with van der Waals surface area (Å²) in [4.78, 5) is 33.6. The first kappa shape index (κ1) is 12.7. The molecule has 0 saturated heterocycles. The number of rotatable bonds is 4. The lowest BCUT2D eigenvalue weighted by Gasteiger charge is -2.04. The molecular weight excluding hydrogens is 252 g/mol. The Balaban J connectivity index is 2.35. The molecule has 2 heterocycles. The molecule has 0 amide bonds. The minimum Gasteiger partial charge on any atom is -0.461 e. The van der Waals surface area contributed by atoms with E-state index in [1.807, 2.05) is 0 Å². The van der Waals surface area contributed by atoms with Crippen LogP contribution in [0, 0.1) is 17.0 Å². The lowest BCUT2D eigenvalue weighted by molar-refractivity contribution is -0.385. The zero-order valence-electron chi connectivity index (χ0n) is 10.0. The molecule has 0 bridgehead atoms. The molecule has 0 N–H and O–H groups in total. The van der Waals surface area contributed by atoms with E-state index in [0.29, 0.717) is 0 Å². The SMILES string of the molecule is Cc1cc(=O)n(CC(=O)c2ccco2)cc1[N+](=O)[O-]. The van der Waals surface area contributed by atoms with Gasteiger partial charge in [-0.1, -0.05) is 0 Å². The van der Waals surface area contributed by atoms with Crippen LogP contribution in [0.4, 0.5) is 5.69 Å². The van der Waals surface area contributed by atoms with Crippen molar-refractivity contribution in [1.82, 2.24) is 4.57 Å². The van der Waals surface area contributed by atoms with Gasteiger partial charge in [0.25, 0.3) is 11.2 Å². The van der Waals surface area contributed by atoms with Crippen molar-refractivity contribution in [1.29, 1.82) is 0 Å². The van der Waals surface area contributed by atoms with Gasteiger partial charge in [0, 0.05) is 11.6 Å². The fraction of sp³-hybridized carbons (Fsp3) is 0.167. The van der Waals surface area contributed by atoms with Gasteiger partial charge in [-0.05, 0) is 19.1 Å². The van der Waals surface area contributed by atoms with E-state index in [-0.39, 0.29) is 23.6 Å². The summed E-state index contributed by atoms with van der Waals surface area (Å²) in [6, 6.07) is 4.15. The predicted molar refractivity (Wildman–Crippen MR) is 65.1 cm³/mol. The Morgan fingerprint density at radius 1 is 1.53 bits per heavy atom. The molecule has 19 heavy (non-hydrogen) atoms. The molecule has 98 valence electrons. The molecule has 0 unspecified atom stereocenters. The van der Waals surface area contributed by atoms with E-state index >= 15 is 0 Å². The number of furan rings is 1. The van der Waals surface area contributed by atoms with Crippen molar-refractivity contribution in [3.63, 3.8) is 0 Å². The van der Waals surface area contributed by atoms with Crippen molar-refractivity contribution in [2.24, 2.45) is 0 Å². The van der Waals surface area contributed by atoms with E-state index in [1.54, 1.807) is 6.07 Å². The highest BCUT2D eigenvalue weighted by Gasteiger charge is 2.16. The molecule has 0 aliphatic heterocycles. The Labute approximate surface area is 107 Å². The van der Waals surface area contributed by atoms with E-state index in [2.05, 4.69) is 0 Å². The highest BCUT2D eigenvalue weighted by atomic mass is 16.6. The van der Waals surface area contributed by atoms with Crippen LogP contribution in [0.5, 0.6) is 0 Å². The topological polar surface area (TPSA) is 95.3 Å². The molecule has 0 fully saturated rings. The second kappa shape index (κ2) is 4.89. The molecule has 0 saturated carbocycles. The van der Waals surface area contributed by atoms with Crippen molar-refractivity contribution in [2.45, 2.75) is 13.5 Å². The van der Waals surface area contributed by atoms with Crippen LogP contribution in [0.3, 0.4) is 0 Å². The molecule has 0 radical (unpaired) electrons. The first-order chi connectivity index (χ1) is 8.99. The molecule has 0 aromatic carbocycles. The summed E-state index contributed by atoms with van der Waals surface area (Å²) in [6.07, 6.45) is 2.41. The number of Topliss-reactive ketones (excluding diaryl/α,β-unsaturated/α-hetero) is 1. The Morgan fingerprint density at radius 2 is 2.26 bits per heavy atom. The molecule has 2 rings (SSSR count). The molecule has 0 atom stereocenters. The minimum absolute atomic E-state index is 0.107. The Hall–Kier alpha value is -2.70. The van der Waals surface area contributed by atoms with Crippen LogP contribution in [0.1, 0.15) is 16.1 Å². The number of nitrogens with zero attached hydrogens (tertiary/aromatic N) is 2. The third-order valence-corrected chi connectivity index (χ3v) is 2.61. The van der Waals surface area contributed by atoms with Crippen LogP contribution in [0.2, 0.25) is 0 Å². The Bertz CT molecular complexity index is 685. The maximum atomic E-state index is 11.8. The number of aryl methyl sites for hydroxylation is 1. The number of nitro groups is 1. The van der Waals surface area contributed by atoms with Crippen LogP contribution >= 0.6 is 0 Å². The number of aromatic nitrogens is 1. The molecule has 0 spiro atoms. The van der Waals surface area contributed by atoms with Crippen molar-refractivity contribution in [2.75, 3.05) is 0 Å². The number of carbonyl (C=O) groups excluding carboxylic acids is 1. The first-order valence-corrected chi connectivity index (χ1v) is 5.41. The number of carbonyl (C=O) groups is 1. The molecule has 2 aromatic heterocycles. The van der Waals surface area contributed by atoms with Crippen molar-refractivity contribution in [3.8, 4) is 0 Å². The molecule has 2 aromatic rings. The van der Waals surface area contributed by atoms with Crippen LogP contribution in [-0.4, -0.2) is 15.3 Å². The van der Waals surface area contributed by atoms with E-state index in [0.717, 1.165) is 16.8 Å². The summed E-state index contributed by atoms with van der Waals surface area (Å²) in [7, 11) is 0. The van der Waals surface area contributed by atoms with Gasteiger partial charge in [-0.25, -0.2) is 0 Å². The minimum atomic E-state index is -0.595. The summed E-state index contributed by atoms with van der Waals surface area (Å²) in [5, 5.41) is 10.8. The van der Waals surface area contributed by atoms with Crippen molar-refractivity contribution in [3.05, 3.63) is 62.5 Å². The average molecular weight is 262 g/mol. The molecule has 0 aliphatic rings. The van der Waals surface area contributed by atoms with Gasteiger partial charge in [0.15, 0.2) is 5.76 Å². The second-order valence-corrected chi connectivity index (χ2v) is 3.97. The third kappa shape index (κ3) is 2.59. The van der Waals surface area contributed by atoms with Gasteiger partial charge in [0.1, 0.15) is 0 Å². The van der Waals surface area contributed by atoms with Crippen LogP contribution in [0.15, 0.2) is 39.9 Å². The normalized spacial score (nSPS) is 10.4. The van der Waals surface area contributed by atoms with E-state index in [9.17, 15) is 19.7 Å². The van der Waals surface area contributed by atoms with Crippen molar-refractivity contribution < 1.29 is 14.1 Å². The maximum absolute atomic E-state index is 11.8. The maximum Gasteiger partial charge on any atom is 0.288 e. The molecule has 7 heteroatoms. The largest absolute Gasteiger partial charge is 0.461 e. The lowest BCUT2D eigenvalue weighted by atomic mass is 10.2. The van der Waals surface area contributed by atoms with Gasteiger partial charge >= 0.3 is 0 Å². The summed E-state index contributed by atoms with van der Waals surface area (Å²) in [6.45, 7) is 1.17. The summed E-state index contributed by atoms with van der Waals surface area (Å²) < 4.78 is 5.91. The highest BCUT2D eigenvalue weighted by molar-refractivity contribution is 5.93. The average Bonchev–Trinajstić information content (AvgIpc) is 2.85. The van der Waals surface area contributed by atoms with E-state index in [1.165, 1.54) is 19.3 Å². The van der Waals surface area contributed by atoms with Gasteiger partial charge in [0.05, 0.1) is 23.9 Å².